The van der Waals surface area contributed by atoms with Crippen LogP contribution in [0.15, 0.2) is 60.7 Å². The first-order chi connectivity index (χ1) is 16.2. The maximum absolute atomic E-state index is 13.7. The Bertz CT molecular complexity index is 1180. The Morgan fingerprint density at radius 2 is 1.71 bits per heavy atom. The number of aromatic nitrogens is 1. The number of nitrogens with zero attached hydrogens (tertiary/aromatic N) is 1. The predicted octanol–water partition coefficient (Wildman–Crippen LogP) is 5.52. The molecule has 0 aliphatic heterocycles. The zero-order valence-electron chi connectivity index (χ0n) is 19.9. The SMILES string of the molecule is COC(=O)CC(=O)CC(O)/C=C/c1c(-c2ccc(F)cc2)c(-c2ccccc2)n(C)c1C(C)C. The zero-order chi connectivity index (χ0) is 24.8. The van der Waals surface area contributed by atoms with Crippen LogP contribution < -0.4 is 0 Å². The van der Waals surface area contributed by atoms with Crippen LogP contribution in [-0.4, -0.2) is 34.6 Å². The fourth-order valence-corrected chi connectivity index (χ4v) is 4.25. The van der Waals surface area contributed by atoms with Gasteiger partial charge in [-0.05, 0) is 29.2 Å². The third kappa shape index (κ3) is 5.69. The quantitative estimate of drug-likeness (QED) is 0.335. The number of hydrogen-bond acceptors (Lipinski definition) is 4. The van der Waals surface area contributed by atoms with Gasteiger partial charge in [-0.15, -0.1) is 0 Å². The predicted molar refractivity (Wildman–Crippen MR) is 132 cm³/mol. The fraction of sp³-hybridized carbons (Fsp3) is 0.286. The second-order valence-electron chi connectivity index (χ2n) is 8.53. The van der Waals surface area contributed by atoms with Crippen LogP contribution in [0.3, 0.4) is 0 Å². The molecule has 1 atom stereocenters. The summed E-state index contributed by atoms with van der Waals surface area (Å²) >= 11 is 0. The minimum atomic E-state index is -1.06. The Balaban J connectivity index is 2.11. The number of carbonyl (C=O) groups is 2. The Labute approximate surface area is 199 Å². The normalized spacial score (nSPS) is 12.3. The van der Waals surface area contributed by atoms with Crippen LogP contribution in [0.1, 0.15) is 43.9 Å². The highest BCUT2D eigenvalue weighted by atomic mass is 19.1. The third-order valence-corrected chi connectivity index (χ3v) is 5.70. The van der Waals surface area contributed by atoms with Gasteiger partial charge in [-0.25, -0.2) is 4.39 Å². The van der Waals surface area contributed by atoms with Gasteiger partial charge in [0.1, 0.15) is 18.0 Å². The van der Waals surface area contributed by atoms with Crippen molar-refractivity contribution in [3.8, 4) is 22.4 Å². The molecule has 0 radical (unpaired) electrons. The summed E-state index contributed by atoms with van der Waals surface area (Å²) in [5, 5.41) is 10.5. The topological polar surface area (TPSA) is 68.5 Å². The molecule has 0 aliphatic carbocycles. The minimum Gasteiger partial charge on any atom is -0.469 e. The Morgan fingerprint density at radius 3 is 2.29 bits per heavy atom. The van der Waals surface area contributed by atoms with Gasteiger partial charge in [-0.3, -0.25) is 9.59 Å². The van der Waals surface area contributed by atoms with E-state index in [4.69, 9.17) is 0 Å². The van der Waals surface area contributed by atoms with E-state index in [1.807, 2.05) is 43.5 Å². The van der Waals surface area contributed by atoms with Crippen molar-refractivity contribution in [1.82, 2.24) is 4.57 Å². The lowest BCUT2D eigenvalue weighted by molar-refractivity contribution is -0.143. The van der Waals surface area contributed by atoms with E-state index in [0.29, 0.717) is 0 Å². The molecule has 0 spiro atoms. The molecule has 6 heteroatoms. The number of hydrogen-bond donors (Lipinski definition) is 1. The lowest BCUT2D eigenvalue weighted by atomic mass is 9.94. The minimum absolute atomic E-state index is 0.152. The first-order valence-corrected chi connectivity index (χ1v) is 11.2. The summed E-state index contributed by atoms with van der Waals surface area (Å²) in [6.45, 7) is 4.18. The lowest BCUT2D eigenvalue weighted by Gasteiger charge is -2.12. The number of benzene rings is 2. The molecule has 3 rings (SSSR count). The average molecular weight is 464 g/mol. The maximum atomic E-state index is 13.7. The number of ether oxygens (including phenoxy) is 1. The van der Waals surface area contributed by atoms with E-state index >= 15 is 0 Å². The Hall–Kier alpha value is -3.51. The molecule has 5 nitrogen and oxygen atoms in total. The third-order valence-electron chi connectivity index (χ3n) is 5.70. The molecule has 0 bridgehead atoms. The van der Waals surface area contributed by atoms with E-state index in [-0.39, 0.29) is 24.6 Å². The first-order valence-electron chi connectivity index (χ1n) is 11.2. The molecule has 1 aromatic heterocycles. The maximum Gasteiger partial charge on any atom is 0.313 e. The van der Waals surface area contributed by atoms with E-state index in [9.17, 15) is 19.1 Å². The van der Waals surface area contributed by atoms with Crippen molar-refractivity contribution in [3.05, 3.63) is 77.7 Å². The van der Waals surface area contributed by atoms with Gasteiger partial charge < -0.3 is 14.4 Å². The summed E-state index contributed by atoms with van der Waals surface area (Å²) in [6.07, 6.45) is 1.77. The molecular weight excluding hydrogens is 433 g/mol. The molecule has 3 aromatic rings. The monoisotopic (exact) mass is 463 g/mol. The van der Waals surface area contributed by atoms with Crippen LogP contribution in [0.5, 0.6) is 0 Å². The molecule has 1 heterocycles. The molecule has 0 saturated heterocycles. The van der Waals surface area contributed by atoms with Crippen LogP contribution in [0.25, 0.3) is 28.5 Å². The van der Waals surface area contributed by atoms with Crippen molar-refractivity contribution < 1.29 is 23.8 Å². The van der Waals surface area contributed by atoms with Gasteiger partial charge in [-0.2, -0.15) is 0 Å². The average Bonchev–Trinajstić information content (AvgIpc) is 3.10. The van der Waals surface area contributed by atoms with E-state index in [1.54, 1.807) is 18.2 Å². The van der Waals surface area contributed by atoms with Crippen molar-refractivity contribution in [1.29, 1.82) is 0 Å². The van der Waals surface area contributed by atoms with Crippen molar-refractivity contribution >= 4 is 17.8 Å². The Morgan fingerprint density at radius 1 is 1.06 bits per heavy atom. The highest BCUT2D eigenvalue weighted by Gasteiger charge is 2.24. The van der Waals surface area contributed by atoms with Crippen molar-refractivity contribution in [2.45, 2.75) is 38.7 Å². The van der Waals surface area contributed by atoms with Crippen LogP contribution in [0.4, 0.5) is 4.39 Å². The number of esters is 1. The van der Waals surface area contributed by atoms with E-state index in [1.165, 1.54) is 19.2 Å². The van der Waals surface area contributed by atoms with Gasteiger partial charge in [0, 0.05) is 30.3 Å². The number of ketones is 1. The van der Waals surface area contributed by atoms with Crippen molar-refractivity contribution in [3.63, 3.8) is 0 Å². The fourth-order valence-electron chi connectivity index (χ4n) is 4.25. The Kier molecular flexibility index (Phi) is 8.18. The van der Waals surface area contributed by atoms with Crippen LogP contribution >= 0.6 is 0 Å². The van der Waals surface area contributed by atoms with Crippen LogP contribution in [0, 0.1) is 5.82 Å². The molecule has 1 N–H and O–H groups in total. The number of Topliss-reactive ketones (excluding diaryl/α,β-unsaturated/α-hetero) is 1. The van der Waals surface area contributed by atoms with E-state index in [0.717, 1.165) is 33.6 Å². The number of aliphatic hydroxyl groups excluding tert-OH is 1. The molecule has 2 aromatic carbocycles. The summed E-state index contributed by atoms with van der Waals surface area (Å²) in [5.74, 6) is -1.19. The largest absolute Gasteiger partial charge is 0.469 e. The molecular formula is C28H30FNO4. The highest BCUT2D eigenvalue weighted by molar-refractivity contribution is 5.96. The lowest BCUT2D eigenvalue weighted by Crippen LogP contribution is -2.15. The van der Waals surface area contributed by atoms with Gasteiger partial charge in [0.15, 0.2) is 0 Å². The number of carbonyl (C=O) groups excluding carboxylic acids is 2. The molecule has 0 aliphatic rings. The van der Waals surface area contributed by atoms with Gasteiger partial charge in [-0.1, -0.05) is 68.5 Å². The number of aliphatic hydroxyl groups is 1. The van der Waals surface area contributed by atoms with Crippen LogP contribution in [0.2, 0.25) is 0 Å². The van der Waals surface area contributed by atoms with Gasteiger partial charge in [0.05, 0.1) is 18.9 Å². The molecule has 178 valence electrons. The molecule has 0 saturated carbocycles. The molecule has 34 heavy (non-hydrogen) atoms. The molecule has 1 unspecified atom stereocenters. The molecule has 0 amide bonds. The van der Waals surface area contributed by atoms with Gasteiger partial charge >= 0.3 is 5.97 Å². The number of rotatable bonds is 9. The zero-order valence-corrected chi connectivity index (χ0v) is 19.9. The van der Waals surface area contributed by atoms with E-state index < -0.39 is 17.9 Å². The number of halogens is 1. The van der Waals surface area contributed by atoms with Gasteiger partial charge in [0.2, 0.25) is 0 Å². The second-order valence-corrected chi connectivity index (χ2v) is 8.53. The smallest absolute Gasteiger partial charge is 0.313 e. The van der Waals surface area contributed by atoms with Gasteiger partial charge in [0.25, 0.3) is 0 Å². The van der Waals surface area contributed by atoms with Crippen molar-refractivity contribution in [2.75, 3.05) is 7.11 Å². The second kappa shape index (κ2) is 11.1. The standard InChI is InChI=1S/C28H30FNO4/c1-18(2)27-24(15-14-22(31)16-23(32)17-25(33)34-4)26(19-10-12-21(29)13-11-19)28(30(27)3)20-8-6-5-7-9-20/h5-15,18,22,31H,16-17H2,1-4H3/b15-14+. The highest BCUT2D eigenvalue weighted by Crippen LogP contribution is 2.42. The molecule has 0 fully saturated rings. The summed E-state index contributed by atoms with van der Waals surface area (Å²) in [6, 6.07) is 16.3. The van der Waals surface area contributed by atoms with Crippen molar-refractivity contribution in [2.24, 2.45) is 7.05 Å². The first kappa shape index (κ1) is 25.1. The summed E-state index contributed by atoms with van der Waals surface area (Å²) in [5.41, 5.74) is 5.69. The van der Waals surface area contributed by atoms with Crippen LogP contribution in [-0.2, 0) is 21.4 Å². The number of methoxy groups -OCH3 is 1. The van der Waals surface area contributed by atoms with E-state index in [2.05, 4.69) is 23.2 Å². The summed E-state index contributed by atoms with van der Waals surface area (Å²) < 4.78 is 20.4. The summed E-state index contributed by atoms with van der Waals surface area (Å²) in [4.78, 5) is 23.4. The summed E-state index contributed by atoms with van der Waals surface area (Å²) in [7, 11) is 3.22.